The van der Waals surface area contributed by atoms with Gasteiger partial charge in [0.2, 0.25) is 0 Å². The van der Waals surface area contributed by atoms with Crippen LogP contribution in [0.1, 0.15) is 15.9 Å². The number of fused-ring (bicyclic) bond motifs is 1. The lowest BCUT2D eigenvalue weighted by Crippen LogP contribution is -1.99. The van der Waals surface area contributed by atoms with Gasteiger partial charge in [0.1, 0.15) is 0 Å². The van der Waals surface area contributed by atoms with E-state index in [2.05, 4.69) is 5.32 Å². The van der Waals surface area contributed by atoms with Gasteiger partial charge in [-0.3, -0.25) is 5.32 Å². The molecule has 0 saturated carbocycles. The molecule has 0 unspecified atom stereocenters. The third kappa shape index (κ3) is 1.66. The molecule has 1 heterocycles. The Kier molecular flexibility index (Phi) is 2.38. The molecular formula is C15H10NO2. The van der Waals surface area contributed by atoms with E-state index in [1.807, 2.05) is 36.4 Å². The highest BCUT2D eigenvalue weighted by Gasteiger charge is 2.13. The van der Waals surface area contributed by atoms with Crippen LogP contribution in [0.3, 0.4) is 0 Å². The Morgan fingerprint density at radius 1 is 1.11 bits per heavy atom. The van der Waals surface area contributed by atoms with Gasteiger partial charge in [0, 0.05) is 11.8 Å². The van der Waals surface area contributed by atoms with Gasteiger partial charge in [0.05, 0.1) is 11.3 Å². The first-order valence-corrected chi connectivity index (χ1v) is 5.60. The van der Waals surface area contributed by atoms with Gasteiger partial charge in [-0.25, -0.2) is 4.79 Å². The molecule has 1 aliphatic heterocycles. The summed E-state index contributed by atoms with van der Waals surface area (Å²) >= 11 is 0. The third-order valence-electron chi connectivity index (χ3n) is 2.96. The summed E-state index contributed by atoms with van der Waals surface area (Å²) in [5.74, 6) is -0.911. The van der Waals surface area contributed by atoms with Gasteiger partial charge in [-0.2, -0.15) is 0 Å². The smallest absolute Gasteiger partial charge is 0.336 e. The van der Waals surface area contributed by atoms with E-state index in [0.717, 1.165) is 22.4 Å². The summed E-state index contributed by atoms with van der Waals surface area (Å²) in [6.45, 7) is 0. The fourth-order valence-corrected chi connectivity index (χ4v) is 2.09. The van der Waals surface area contributed by atoms with Crippen LogP contribution in [-0.4, -0.2) is 11.1 Å². The molecular weight excluding hydrogens is 226 g/mol. The lowest BCUT2D eigenvalue weighted by Gasteiger charge is -2.07. The van der Waals surface area contributed by atoms with Gasteiger partial charge in [0.15, 0.2) is 0 Å². The summed E-state index contributed by atoms with van der Waals surface area (Å²) < 4.78 is 0. The number of benzene rings is 2. The maximum Gasteiger partial charge on any atom is 0.336 e. The van der Waals surface area contributed by atoms with Crippen LogP contribution in [0.5, 0.6) is 0 Å². The Hall–Kier alpha value is -2.55. The van der Waals surface area contributed by atoms with Crippen molar-refractivity contribution >= 4 is 17.7 Å². The van der Waals surface area contributed by atoms with Crippen molar-refractivity contribution in [2.75, 3.05) is 0 Å². The largest absolute Gasteiger partial charge is 0.478 e. The molecule has 0 spiro atoms. The molecule has 3 rings (SSSR count). The van der Waals surface area contributed by atoms with Gasteiger partial charge in [-0.1, -0.05) is 24.3 Å². The Morgan fingerprint density at radius 2 is 1.94 bits per heavy atom. The third-order valence-corrected chi connectivity index (χ3v) is 2.96. The summed E-state index contributed by atoms with van der Waals surface area (Å²) in [7, 11) is 0. The highest BCUT2D eigenvalue weighted by Crippen LogP contribution is 2.30. The first-order valence-electron chi connectivity index (χ1n) is 5.60. The van der Waals surface area contributed by atoms with Crippen LogP contribution in [0.4, 0.5) is 5.69 Å². The van der Waals surface area contributed by atoms with Crippen LogP contribution < -0.4 is 5.32 Å². The summed E-state index contributed by atoms with van der Waals surface area (Å²) in [5.41, 5.74) is 3.89. The lowest BCUT2D eigenvalue weighted by molar-refractivity contribution is 0.0697. The zero-order chi connectivity index (χ0) is 12.5. The minimum absolute atomic E-state index is 0.316. The molecule has 1 N–H and O–H groups in total. The maximum atomic E-state index is 11.2. The molecule has 0 saturated heterocycles. The van der Waals surface area contributed by atoms with Crippen LogP contribution in [0.15, 0.2) is 48.7 Å². The van der Waals surface area contributed by atoms with Crippen LogP contribution in [0, 0.1) is 0 Å². The maximum absolute atomic E-state index is 11.2. The fourth-order valence-electron chi connectivity index (χ4n) is 2.09. The zero-order valence-corrected chi connectivity index (χ0v) is 9.50. The van der Waals surface area contributed by atoms with Crippen molar-refractivity contribution in [2.24, 2.45) is 0 Å². The minimum Gasteiger partial charge on any atom is -0.478 e. The first-order chi connectivity index (χ1) is 8.75. The Labute approximate surface area is 104 Å². The quantitative estimate of drug-likeness (QED) is 0.869. The molecule has 18 heavy (non-hydrogen) atoms. The van der Waals surface area contributed by atoms with Crippen molar-refractivity contribution in [1.82, 2.24) is 5.32 Å². The van der Waals surface area contributed by atoms with E-state index >= 15 is 0 Å². The van der Waals surface area contributed by atoms with Gasteiger partial charge >= 0.3 is 5.97 Å². The molecule has 2 aromatic rings. The van der Waals surface area contributed by atoms with E-state index in [9.17, 15) is 9.90 Å². The summed E-state index contributed by atoms with van der Waals surface area (Å²) in [6.07, 6.45) is 3.67. The second-order valence-electron chi connectivity index (χ2n) is 4.07. The topological polar surface area (TPSA) is 51.4 Å². The monoisotopic (exact) mass is 236 g/mol. The van der Waals surface area contributed by atoms with E-state index in [-0.39, 0.29) is 0 Å². The molecule has 1 radical (unpaired) electrons. The molecule has 3 heteroatoms. The van der Waals surface area contributed by atoms with Crippen molar-refractivity contribution < 1.29 is 9.90 Å². The molecule has 0 atom stereocenters. The van der Waals surface area contributed by atoms with Crippen LogP contribution in [0.25, 0.3) is 17.2 Å². The number of aromatic carboxylic acids is 1. The number of hydrogen-bond acceptors (Lipinski definition) is 1. The summed E-state index contributed by atoms with van der Waals surface area (Å²) in [6, 6.07) is 12.8. The van der Waals surface area contributed by atoms with Gasteiger partial charge in [-0.05, 0) is 35.4 Å². The molecule has 1 aliphatic rings. The number of carboxylic acids is 1. The highest BCUT2D eigenvalue weighted by atomic mass is 16.4. The standard InChI is InChI=1S/C15H10NO2/c17-15(18)13-4-2-1-3-12(13)10-5-6-14-11(9-10)7-8-16-14/h1-9H,(H,17,18). The van der Waals surface area contributed by atoms with E-state index in [0.29, 0.717) is 5.56 Å². The molecule has 0 bridgehead atoms. The molecule has 0 aliphatic carbocycles. The van der Waals surface area contributed by atoms with Crippen molar-refractivity contribution in [3.05, 3.63) is 59.8 Å². The lowest BCUT2D eigenvalue weighted by atomic mass is 9.98. The number of carboxylic acid groups (broad SMARTS) is 1. The number of rotatable bonds is 2. The Balaban J connectivity index is 2.15. The molecule has 0 aromatic heterocycles. The minimum atomic E-state index is -0.911. The Morgan fingerprint density at radius 3 is 2.78 bits per heavy atom. The van der Waals surface area contributed by atoms with Gasteiger partial charge < -0.3 is 5.11 Å². The van der Waals surface area contributed by atoms with Crippen molar-refractivity contribution in [2.45, 2.75) is 0 Å². The molecule has 0 amide bonds. The van der Waals surface area contributed by atoms with Crippen LogP contribution in [-0.2, 0) is 0 Å². The summed E-state index contributed by atoms with van der Waals surface area (Å²) in [4.78, 5) is 11.2. The van der Waals surface area contributed by atoms with Gasteiger partial charge in [-0.15, -0.1) is 0 Å². The van der Waals surface area contributed by atoms with E-state index in [1.165, 1.54) is 0 Å². The van der Waals surface area contributed by atoms with Crippen LogP contribution >= 0.6 is 0 Å². The van der Waals surface area contributed by atoms with Crippen molar-refractivity contribution in [1.29, 1.82) is 0 Å². The van der Waals surface area contributed by atoms with Crippen LogP contribution in [0.2, 0.25) is 0 Å². The average molecular weight is 236 g/mol. The number of hydrogen-bond donors (Lipinski definition) is 1. The molecule has 0 fully saturated rings. The summed E-state index contributed by atoms with van der Waals surface area (Å²) in [5, 5.41) is 13.4. The average Bonchev–Trinajstić information content (AvgIpc) is 2.85. The molecule has 3 nitrogen and oxygen atoms in total. The predicted molar refractivity (Wildman–Crippen MR) is 69.7 cm³/mol. The molecule has 87 valence electrons. The van der Waals surface area contributed by atoms with Gasteiger partial charge in [0.25, 0.3) is 0 Å². The Bertz CT molecular complexity index is 659. The van der Waals surface area contributed by atoms with Crippen molar-refractivity contribution in [3.63, 3.8) is 0 Å². The number of nitrogens with zero attached hydrogens (tertiary/aromatic N) is 1. The zero-order valence-electron chi connectivity index (χ0n) is 9.50. The first kappa shape index (κ1) is 10.6. The molecule has 2 aromatic carbocycles. The van der Waals surface area contributed by atoms with E-state index in [4.69, 9.17) is 0 Å². The van der Waals surface area contributed by atoms with E-state index in [1.54, 1.807) is 18.3 Å². The number of carbonyl (C=O) groups is 1. The predicted octanol–water partition coefficient (Wildman–Crippen LogP) is 3.27. The van der Waals surface area contributed by atoms with E-state index < -0.39 is 5.97 Å². The normalized spacial score (nSPS) is 12.0. The second-order valence-corrected chi connectivity index (χ2v) is 4.07. The highest BCUT2D eigenvalue weighted by molar-refractivity contribution is 5.96. The second kappa shape index (κ2) is 4.04. The van der Waals surface area contributed by atoms with Crippen molar-refractivity contribution in [3.8, 4) is 11.1 Å². The SMILES string of the molecule is O=C(O)c1ccccc1-c1ccc2c(c1)C=C[N]2. The fraction of sp³-hybridized carbons (Fsp3) is 0.